The maximum absolute atomic E-state index is 2.50. The molecule has 2 unspecified atom stereocenters. The summed E-state index contributed by atoms with van der Waals surface area (Å²) in [6, 6.07) is 17.8. The van der Waals surface area contributed by atoms with Gasteiger partial charge in [0.1, 0.15) is 0 Å². The predicted molar refractivity (Wildman–Crippen MR) is 89.2 cm³/mol. The van der Waals surface area contributed by atoms with Crippen LogP contribution >= 0.6 is 0 Å². The molecule has 0 saturated heterocycles. The van der Waals surface area contributed by atoms with Crippen LogP contribution in [0.2, 0.25) is 0 Å². The molecule has 0 spiro atoms. The lowest BCUT2D eigenvalue weighted by molar-refractivity contribution is 0.401. The Balaban J connectivity index is 1.65. The monoisotopic (exact) mass is 274 g/mol. The Hall–Kier alpha value is -1.82. The second kappa shape index (κ2) is 4.87. The molecule has 106 valence electrons. The van der Waals surface area contributed by atoms with E-state index in [4.69, 9.17) is 0 Å². The van der Waals surface area contributed by atoms with Gasteiger partial charge >= 0.3 is 0 Å². The summed E-state index contributed by atoms with van der Waals surface area (Å²) in [5.74, 6) is 0.865. The van der Waals surface area contributed by atoms with Gasteiger partial charge in [-0.1, -0.05) is 60.7 Å². The summed E-state index contributed by atoms with van der Waals surface area (Å²) >= 11 is 0. The van der Waals surface area contributed by atoms with Crippen molar-refractivity contribution >= 4 is 0 Å². The van der Waals surface area contributed by atoms with E-state index in [-0.39, 0.29) is 0 Å². The first-order valence-corrected chi connectivity index (χ1v) is 8.08. The van der Waals surface area contributed by atoms with Crippen LogP contribution in [-0.4, -0.2) is 0 Å². The summed E-state index contributed by atoms with van der Waals surface area (Å²) in [7, 11) is 0. The molecule has 2 aromatic carbocycles. The number of fused-ring (bicyclic) bond motifs is 2. The van der Waals surface area contributed by atoms with Crippen LogP contribution in [0, 0.1) is 18.3 Å². The highest BCUT2D eigenvalue weighted by molar-refractivity contribution is 5.67. The van der Waals surface area contributed by atoms with Crippen molar-refractivity contribution in [1.29, 1.82) is 0 Å². The lowest BCUT2D eigenvalue weighted by atomic mass is 9.81. The normalized spacial score (nSPS) is 26.4. The average molecular weight is 274 g/mol. The van der Waals surface area contributed by atoms with Gasteiger partial charge in [0.2, 0.25) is 0 Å². The molecule has 0 N–H and O–H groups in total. The first kappa shape index (κ1) is 12.9. The van der Waals surface area contributed by atoms with E-state index in [0.717, 1.165) is 5.92 Å². The number of allylic oxidation sites excluding steroid dienone is 2. The first-order valence-electron chi connectivity index (χ1n) is 8.08. The molecular formula is C21H22. The molecular weight excluding hydrogens is 252 g/mol. The van der Waals surface area contributed by atoms with Crippen LogP contribution in [0.5, 0.6) is 0 Å². The number of rotatable bonds is 3. The minimum absolute atomic E-state index is 0.467. The van der Waals surface area contributed by atoms with Gasteiger partial charge in [0.05, 0.1) is 0 Å². The molecule has 0 heterocycles. The Morgan fingerprint density at radius 1 is 1.10 bits per heavy atom. The fourth-order valence-corrected chi connectivity index (χ4v) is 4.23. The summed E-state index contributed by atoms with van der Waals surface area (Å²) in [5.41, 5.74) is 6.04. The minimum atomic E-state index is 0.467. The Bertz CT molecular complexity index is 695. The zero-order valence-electron chi connectivity index (χ0n) is 12.7. The van der Waals surface area contributed by atoms with Crippen LogP contribution in [0.15, 0.2) is 60.7 Å². The van der Waals surface area contributed by atoms with E-state index >= 15 is 0 Å². The number of benzene rings is 2. The molecule has 0 nitrogen and oxygen atoms in total. The van der Waals surface area contributed by atoms with Crippen LogP contribution in [0.1, 0.15) is 30.4 Å². The third kappa shape index (κ3) is 2.33. The molecule has 0 aromatic heterocycles. The first-order chi connectivity index (χ1) is 10.2. The number of hydrogen-bond acceptors (Lipinski definition) is 0. The minimum Gasteiger partial charge on any atom is -0.0848 e. The molecule has 1 fully saturated rings. The fraction of sp³-hybridized carbons (Fsp3) is 0.333. The third-order valence-corrected chi connectivity index (χ3v) is 5.34. The van der Waals surface area contributed by atoms with Gasteiger partial charge in [-0.3, -0.25) is 0 Å². The molecule has 0 aliphatic heterocycles. The highest BCUT2D eigenvalue weighted by atomic mass is 14.4. The Labute approximate surface area is 127 Å². The predicted octanol–water partition coefficient (Wildman–Crippen LogP) is 5.56. The molecule has 1 saturated carbocycles. The van der Waals surface area contributed by atoms with E-state index in [2.05, 4.69) is 67.6 Å². The van der Waals surface area contributed by atoms with Gasteiger partial charge in [-0.15, -0.1) is 0 Å². The molecule has 0 amide bonds. The van der Waals surface area contributed by atoms with Crippen molar-refractivity contribution < 1.29 is 0 Å². The summed E-state index contributed by atoms with van der Waals surface area (Å²) in [4.78, 5) is 0. The topological polar surface area (TPSA) is 0 Å². The van der Waals surface area contributed by atoms with E-state index in [0.29, 0.717) is 5.41 Å². The smallest absolute Gasteiger partial charge is 0.00720 e. The molecule has 0 radical (unpaired) electrons. The van der Waals surface area contributed by atoms with E-state index in [9.17, 15) is 0 Å². The van der Waals surface area contributed by atoms with Gasteiger partial charge in [-0.2, -0.15) is 0 Å². The maximum Gasteiger partial charge on any atom is -0.00720 e. The summed E-state index contributed by atoms with van der Waals surface area (Å²) < 4.78 is 0. The number of hydrogen-bond donors (Lipinski definition) is 0. The van der Waals surface area contributed by atoms with Crippen molar-refractivity contribution in [2.24, 2.45) is 11.3 Å². The zero-order valence-corrected chi connectivity index (χ0v) is 12.7. The highest BCUT2D eigenvalue weighted by Gasteiger charge is 2.40. The Morgan fingerprint density at radius 2 is 2.00 bits per heavy atom. The summed E-state index contributed by atoms with van der Waals surface area (Å²) in [6.45, 7) is 2.20. The highest BCUT2D eigenvalue weighted by Crippen LogP contribution is 2.51. The molecule has 2 aliphatic carbocycles. The largest absolute Gasteiger partial charge is 0.0848 e. The lowest BCUT2D eigenvalue weighted by Gasteiger charge is -2.23. The van der Waals surface area contributed by atoms with Crippen LogP contribution in [0.3, 0.4) is 0 Å². The fourth-order valence-electron chi connectivity index (χ4n) is 4.23. The van der Waals surface area contributed by atoms with E-state index in [1.807, 2.05) is 0 Å². The Morgan fingerprint density at radius 3 is 2.71 bits per heavy atom. The van der Waals surface area contributed by atoms with Gasteiger partial charge < -0.3 is 0 Å². The van der Waals surface area contributed by atoms with Gasteiger partial charge in [-0.25, -0.2) is 0 Å². The van der Waals surface area contributed by atoms with Crippen molar-refractivity contribution in [1.82, 2.24) is 0 Å². The second-order valence-electron chi connectivity index (χ2n) is 6.92. The summed E-state index contributed by atoms with van der Waals surface area (Å²) in [5, 5.41) is 0. The van der Waals surface area contributed by atoms with E-state index in [1.165, 1.54) is 47.9 Å². The van der Waals surface area contributed by atoms with Crippen LogP contribution < -0.4 is 0 Å². The van der Waals surface area contributed by atoms with Crippen LogP contribution in [0.4, 0.5) is 0 Å². The average Bonchev–Trinajstić information content (AvgIpc) is 3.08. The molecule has 4 rings (SSSR count). The quantitative estimate of drug-likeness (QED) is 0.643. The SMILES string of the molecule is Cc1ccccc1-c1cccc(CC23C=CC(CC2)C3)c1. The van der Waals surface area contributed by atoms with Crippen molar-refractivity contribution in [2.45, 2.75) is 32.6 Å². The van der Waals surface area contributed by atoms with Crippen LogP contribution in [0.25, 0.3) is 11.1 Å². The van der Waals surface area contributed by atoms with E-state index in [1.54, 1.807) is 0 Å². The standard InChI is InChI=1S/C21H22/c1-16-5-2-3-8-20(16)19-7-4-6-18(13-19)15-21-11-9-17(14-21)10-12-21/h2-9,11,13,17H,10,12,14-15H2,1H3. The molecule has 2 atom stereocenters. The summed E-state index contributed by atoms with van der Waals surface area (Å²) in [6.07, 6.45) is 10.3. The second-order valence-corrected chi connectivity index (χ2v) is 6.92. The number of aryl methyl sites for hydroxylation is 1. The zero-order chi connectivity index (χ0) is 14.3. The van der Waals surface area contributed by atoms with Crippen molar-refractivity contribution in [3.63, 3.8) is 0 Å². The van der Waals surface area contributed by atoms with E-state index < -0.39 is 0 Å². The Kier molecular flexibility index (Phi) is 2.99. The molecule has 0 heteroatoms. The van der Waals surface area contributed by atoms with Crippen molar-refractivity contribution in [3.8, 4) is 11.1 Å². The molecule has 21 heavy (non-hydrogen) atoms. The van der Waals surface area contributed by atoms with Crippen molar-refractivity contribution in [3.05, 3.63) is 71.8 Å². The molecule has 2 aliphatic rings. The van der Waals surface area contributed by atoms with Gasteiger partial charge in [0.25, 0.3) is 0 Å². The van der Waals surface area contributed by atoms with Crippen molar-refractivity contribution in [2.75, 3.05) is 0 Å². The molecule has 2 aromatic rings. The van der Waals surface area contributed by atoms with Gasteiger partial charge in [0.15, 0.2) is 0 Å². The maximum atomic E-state index is 2.50. The molecule has 2 bridgehead atoms. The third-order valence-electron chi connectivity index (χ3n) is 5.34. The van der Waals surface area contributed by atoms with Crippen LogP contribution in [-0.2, 0) is 6.42 Å². The van der Waals surface area contributed by atoms with Gasteiger partial charge in [-0.05, 0) is 66.2 Å². The lowest BCUT2D eigenvalue weighted by Crippen LogP contribution is -2.15. The van der Waals surface area contributed by atoms with Gasteiger partial charge in [0, 0.05) is 0 Å².